The van der Waals surface area contributed by atoms with Gasteiger partial charge in [-0.1, -0.05) is 44.0 Å². The van der Waals surface area contributed by atoms with Gasteiger partial charge in [0.25, 0.3) is 5.91 Å². The molecule has 4 N–H and O–H groups in total. The molecule has 2 atom stereocenters. The van der Waals surface area contributed by atoms with Gasteiger partial charge in [-0.15, -0.1) is 0 Å². The van der Waals surface area contributed by atoms with Gasteiger partial charge in [-0.3, -0.25) is 9.59 Å². The molecule has 2 unspecified atom stereocenters. The Morgan fingerprint density at radius 2 is 1.85 bits per heavy atom. The molecule has 3 heterocycles. The Morgan fingerprint density at radius 1 is 1.12 bits per heavy atom. The average Bonchev–Trinajstić information content (AvgIpc) is 3.47. The zero-order valence-corrected chi connectivity index (χ0v) is 19.0. The van der Waals surface area contributed by atoms with Crippen LogP contribution in [0.3, 0.4) is 0 Å². The molecule has 0 spiro atoms. The molecule has 4 aromatic rings. The standard InChI is InChI=1S/C25H28N6O3/c1-2-3-10-21(22(32)23(26)33)28-25(34)20-9-6-12-27-24(20)31-13-11-19(29-31)16-30-14-17-7-4-5-8-18(17)15-30/h4-9,11-15,21-22,32H,2-3,10,16H2,1H3,(H2,26,33)(H,28,34). The molecule has 0 aliphatic carbocycles. The predicted molar refractivity (Wildman–Crippen MR) is 128 cm³/mol. The molecule has 9 nitrogen and oxygen atoms in total. The Labute approximate surface area is 197 Å². The van der Waals surface area contributed by atoms with Crippen molar-refractivity contribution in [3.8, 4) is 5.82 Å². The van der Waals surface area contributed by atoms with Crippen molar-refractivity contribution in [1.82, 2.24) is 24.6 Å². The normalized spacial score (nSPS) is 13.0. The monoisotopic (exact) mass is 460 g/mol. The van der Waals surface area contributed by atoms with Crippen LogP contribution in [0.1, 0.15) is 42.2 Å². The van der Waals surface area contributed by atoms with Crippen molar-refractivity contribution in [1.29, 1.82) is 0 Å². The van der Waals surface area contributed by atoms with Crippen molar-refractivity contribution in [2.75, 3.05) is 0 Å². The van der Waals surface area contributed by atoms with Gasteiger partial charge in [-0.05, 0) is 35.4 Å². The predicted octanol–water partition coefficient (Wildman–Crippen LogP) is 2.41. The van der Waals surface area contributed by atoms with E-state index >= 15 is 0 Å². The fourth-order valence-corrected chi connectivity index (χ4v) is 3.92. The van der Waals surface area contributed by atoms with Gasteiger partial charge in [-0.25, -0.2) is 9.67 Å². The van der Waals surface area contributed by atoms with Crippen LogP contribution in [0.15, 0.2) is 67.3 Å². The molecule has 0 aliphatic rings. The summed E-state index contributed by atoms with van der Waals surface area (Å²) in [5.41, 5.74) is 6.35. The highest BCUT2D eigenvalue weighted by atomic mass is 16.3. The first-order valence-corrected chi connectivity index (χ1v) is 11.3. The van der Waals surface area contributed by atoms with Crippen LogP contribution in [0, 0.1) is 0 Å². The summed E-state index contributed by atoms with van der Waals surface area (Å²) in [7, 11) is 0. The molecular formula is C25H28N6O3. The summed E-state index contributed by atoms with van der Waals surface area (Å²) in [5, 5.41) is 19.8. The summed E-state index contributed by atoms with van der Waals surface area (Å²) in [6.07, 6.45) is 8.00. The summed E-state index contributed by atoms with van der Waals surface area (Å²) in [6, 6.07) is 12.5. The Balaban J connectivity index is 1.54. The number of primary amides is 1. The Morgan fingerprint density at radius 3 is 2.53 bits per heavy atom. The number of hydrogen-bond acceptors (Lipinski definition) is 5. The molecule has 176 valence electrons. The third-order valence-electron chi connectivity index (χ3n) is 5.70. The molecule has 3 aromatic heterocycles. The molecule has 4 rings (SSSR count). The summed E-state index contributed by atoms with van der Waals surface area (Å²) in [6.45, 7) is 2.56. The largest absolute Gasteiger partial charge is 0.381 e. The second-order valence-corrected chi connectivity index (χ2v) is 8.26. The van der Waals surface area contributed by atoms with Gasteiger partial charge in [0.1, 0.15) is 0 Å². The van der Waals surface area contributed by atoms with Crippen molar-refractivity contribution >= 4 is 22.6 Å². The van der Waals surface area contributed by atoms with Crippen LogP contribution in [0.2, 0.25) is 0 Å². The number of pyridine rings is 1. The molecular weight excluding hydrogens is 432 g/mol. The molecule has 9 heteroatoms. The number of carbonyl (C=O) groups is 2. The van der Waals surface area contributed by atoms with Crippen molar-refractivity contribution < 1.29 is 14.7 Å². The molecule has 0 fully saturated rings. The minimum atomic E-state index is -1.47. The van der Waals surface area contributed by atoms with Gasteiger partial charge in [0.15, 0.2) is 11.9 Å². The molecule has 34 heavy (non-hydrogen) atoms. The second kappa shape index (κ2) is 10.3. The quantitative estimate of drug-likeness (QED) is 0.335. The van der Waals surface area contributed by atoms with E-state index in [0.29, 0.717) is 18.8 Å². The molecule has 1 aromatic carbocycles. The van der Waals surface area contributed by atoms with E-state index in [0.717, 1.165) is 29.3 Å². The van der Waals surface area contributed by atoms with Crippen LogP contribution >= 0.6 is 0 Å². The van der Waals surface area contributed by atoms with Crippen molar-refractivity contribution in [2.24, 2.45) is 5.73 Å². The van der Waals surface area contributed by atoms with E-state index in [2.05, 4.69) is 44.5 Å². The molecule has 0 saturated heterocycles. The first-order chi connectivity index (χ1) is 16.5. The first-order valence-electron chi connectivity index (χ1n) is 11.3. The zero-order valence-electron chi connectivity index (χ0n) is 19.0. The maximum absolute atomic E-state index is 13.1. The van der Waals surface area contributed by atoms with Crippen LogP contribution in [0.25, 0.3) is 16.6 Å². The number of rotatable bonds is 10. The van der Waals surface area contributed by atoms with Crippen molar-refractivity contribution in [3.05, 3.63) is 78.5 Å². The third kappa shape index (κ3) is 5.15. The zero-order chi connectivity index (χ0) is 24.1. The summed E-state index contributed by atoms with van der Waals surface area (Å²) in [4.78, 5) is 28.9. The lowest BCUT2D eigenvalue weighted by molar-refractivity contribution is -0.127. The van der Waals surface area contributed by atoms with Gasteiger partial charge < -0.3 is 20.7 Å². The number of aliphatic hydroxyl groups excluding tert-OH is 1. The lowest BCUT2D eigenvalue weighted by Gasteiger charge is -2.22. The fourth-order valence-electron chi connectivity index (χ4n) is 3.92. The number of aromatic nitrogens is 4. The number of fused-ring (bicyclic) bond motifs is 1. The lowest BCUT2D eigenvalue weighted by atomic mass is 10.0. The first kappa shape index (κ1) is 23.2. The van der Waals surface area contributed by atoms with Crippen LogP contribution in [0.4, 0.5) is 0 Å². The second-order valence-electron chi connectivity index (χ2n) is 8.26. The Kier molecular flexibility index (Phi) is 7.03. The number of carbonyl (C=O) groups excluding carboxylic acids is 2. The number of amides is 2. The van der Waals surface area contributed by atoms with Gasteiger partial charge >= 0.3 is 0 Å². The number of hydrogen-bond donors (Lipinski definition) is 3. The van der Waals surface area contributed by atoms with Gasteiger partial charge in [0.2, 0.25) is 5.91 Å². The number of nitrogens with one attached hydrogen (secondary N) is 1. The van der Waals surface area contributed by atoms with Crippen molar-refractivity contribution in [3.63, 3.8) is 0 Å². The number of benzene rings is 1. The lowest BCUT2D eigenvalue weighted by Crippen LogP contribution is -2.49. The van der Waals surface area contributed by atoms with Crippen LogP contribution in [0.5, 0.6) is 0 Å². The average molecular weight is 461 g/mol. The third-order valence-corrected chi connectivity index (χ3v) is 5.70. The molecule has 2 amide bonds. The van der Waals surface area contributed by atoms with E-state index < -0.39 is 24.0 Å². The Bertz CT molecular complexity index is 1260. The maximum atomic E-state index is 13.1. The maximum Gasteiger partial charge on any atom is 0.255 e. The SMILES string of the molecule is CCCCC(NC(=O)c1cccnc1-n1ccc(Cn2cc3ccccc3c2)n1)C(O)C(N)=O. The van der Waals surface area contributed by atoms with Crippen LogP contribution in [-0.2, 0) is 11.3 Å². The van der Waals surface area contributed by atoms with E-state index in [1.807, 2.05) is 25.1 Å². The highest BCUT2D eigenvalue weighted by Crippen LogP contribution is 2.17. The van der Waals surface area contributed by atoms with E-state index in [4.69, 9.17) is 5.73 Å². The van der Waals surface area contributed by atoms with Gasteiger partial charge in [0.05, 0.1) is 23.8 Å². The van der Waals surface area contributed by atoms with E-state index in [1.54, 1.807) is 29.2 Å². The summed E-state index contributed by atoms with van der Waals surface area (Å²) >= 11 is 0. The highest BCUT2D eigenvalue weighted by molar-refractivity contribution is 5.97. The van der Waals surface area contributed by atoms with E-state index in [1.165, 1.54) is 0 Å². The minimum absolute atomic E-state index is 0.280. The molecule has 0 saturated carbocycles. The van der Waals surface area contributed by atoms with Crippen molar-refractivity contribution in [2.45, 2.75) is 44.9 Å². The van der Waals surface area contributed by atoms with Gasteiger partial charge in [-0.2, -0.15) is 5.10 Å². The molecule has 0 aliphatic heterocycles. The number of nitrogens with two attached hydrogens (primary N) is 1. The number of nitrogens with zero attached hydrogens (tertiary/aromatic N) is 4. The Hall–Kier alpha value is -3.98. The van der Waals surface area contributed by atoms with E-state index in [9.17, 15) is 14.7 Å². The molecule has 0 bridgehead atoms. The fraction of sp³-hybridized carbons (Fsp3) is 0.280. The van der Waals surface area contributed by atoms with Gasteiger partial charge in [0, 0.05) is 24.8 Å². The topological polar surface area (TPSA) is 128 Å². The van der Waals surface area contributed by atoms with Crippen LogP contribution < -0.4 is 11.1 Å². The number of aliphatic hydroxyl groups is 1. The minimum Gasteiger partial charge on any atom is -0.381 e. The van der Waals surface area contributed by atoms with Crippen LogP contribution in [-0.4, -0.2) is 48.4 Å². The summed E-state index contributed by atoms with van der Waals surface area (Å²) in [5.74, 6) is -0.980. The highest BCUT2D eigenvalue weighted by Gasteiger charge is 2.27. The van der Waals surface area contributed by atoms with E-state index in [-0.39, 0.29) is 5.56 Å². The summed E-state index contributed by atoms with van der Waals surface area (Å²) < 4.78 is 3.62. The number of unbranched alkanes of at least 4 members (excludes halogenated alkanes) is 1. The smallest absolute Gasteiger partial charge is 0.255 e. The molecule has 0 radical (unpaired) electrons.